The van der Waals surface area contributed by atoms with E-state index in [-0.39, 0.29) is 35.1 Å². The number of primary amides is 1. The van der Waals surface area contributed by atoms with E-state index >= 15 is 0 Å². The highest BCUT2D eigenvalue weighted by Gasteiger charge is 2.68. The summed E-state index contributed by atoms with van der Waals surface area (Å²) in [5, 5.41) is 10.8. The van der Waals surface area contributed by atoms with Gasteiger partial charge in [-0.15, -0.1) is 0 Å². The van der Waals surface area contributed by atoms with Crippen molar-refractivity contribution in [2.24, 2.45) is 11.1 Å². The fourth-order valence-corrected chi connectivity index (χ4v) is 5.66. The van der Waals surface area contributed by atoms with Crippen molar-refractivity contribution in [2.75, 3.05) is 11.1 Å². The molecule has 3 aliphatic carbocycles. The molecule has 2 bridgehead atoms. The Balaban J connectivity index is 1.28. The first-order valence-electron chi connectivity index (χ1n) is 11.2. The minimum absolute atomic E-state index is 0.00418. The van der Waals surface area contributed by atoms with Gasteiger partial charge in [-0.3, -0.25) is 14.9 Å². The standard InChI is InChI=1S/C24H27FN6O3/c1-12(2)31-20(26)16(21(27)33)18(29-31)14-6-4-13(5-7-14)8-15(32)28-22-17(25)19(30-34-22)24-9-23(3,10-24)11-24/h4-7,12H,8-11,26H2,1-3H3,(H2,27,33)(H,28,32). The Morgan fingerprint density at radius 1 is 1.24 bits per heavy atom. The van der Waals surface area contributed by atoms with Crippen LogP contribution < -0.4 is 16.8 Å². The largest absolute Gasteiger partial charge is 0.383 e. The summed E-state index contributed by atoms with van der Waals surface area (Å²) >= 11 is 0. The van der Waals surface area contributed by atoms with Crippen LogP contribution in [0.1, 0.15) is 67.7 Å². The van der Waals surface area contributed by atoms with Crippen LogP contribution in [-0.4, -0.2) is 26.8 Å². The second kappa shape index (κ2) is 7.41. The van der Waals surface area contributed by atoms with Crippen LogP contribution >= 0.6 is 0 Å². The van der Waals surface area contributed by atoms with Crippen molar-refractivity contribution in [2.45, 2.75) is 57.9 Å². The zero-order chi connectivity index (χ0) is 24.4. The van der Waals surface area contributed by atoms with Gasteiger partial charge in [0.15, 0.2) is 0 Å². The van der Waals surface area contributed by atoms with Crippen molar-refractivity contribution in [1.29, 1.82) is 0 Å². The van der Waals surface area contributed by atoms with E-state index in [1.165, 1.54) is 0 Å². The molecule has 2 heterocycles. The molecule has 3 saturated carbocycles. The molecule has 0 saturated heterocycles. The third kappa shape index (κ3) is 3.36. The zero-order valence-electron chi connectivity index (χ0n) is 19.3. The van der Waals surface area contributed by atoms with Gasteiger partial charge in [-0.25, -0.2) is 4.68 Å². The molecule has 9 nitrogen and oxygen atoms in total. The number of nitrogens with two attached hydrogens (primary N) is 2. The Kier molecular flexibility index (Phi) is 4.82. The van der Waals surface area contributed by atoms with Gasteiger partial charge < -0.3 is 16.0 Å². The highest BCUT2D eigenvalue weighted by Crippen LogP contribution is 2.73. The molecule has 10 heteroatoms. The van der Waals surface area contributed by atoms with Crippen molar-refractivity contribution >= 4 is 23.5 Å². The second-order valence-corrected chi connectivity index (χ2v) is 10.2. The summed E-state index contributed by atoms with van der Waals surface area (Å²) in [6.07, 6.45) is 2.72. The van der Waals surface area contributed by atoms with Crippen LogP contribution in [0.15, 0.2) is 28.8 Å². The lowest BCUT2D eigenvalue weighted by Gasteiger charge is -2.68. The first-order valence-corrected chi connectivity index (χ1v) is 11.2. The predicted molar refractivity (Wildman–Crippen MR) is 123 cm³/mol. The molecule has 0 aliphatic heterocycles. The van der Waals surface area contributed by atoms with Gasteiger partial charge in [-0.2, -0.15) is 9.49 Å². The highest BCUT2D eigenvalue weighted by atomic mass is 19.1. The van der Waals surface area contributed by atoms with E-state index in [0.717, 1.165) is 19.3 Å². The van der Waals surface area contributed by atoms with E-state index < -0.39 is 17.6 Å². The molecule has 2 aromatic heterocycles. The summed E-state index contributed by atoms with van der Waals surface area (Å²) < 4.78 is 21.5. The highest BCUT2D eigenvalue weighted by molar-refractivity contribution is 6.03. The van der Waals surface area contributed by atoms with E-state index in [2.05, 4.69) is 22.5 Å². The van der Waals surface area contributed by atoms with Crippen molar-refractivity contribution in [3.05, 3.63) is 46.9 Å². The number of hydrogen-bond acceptors (Lipinski definition) is 6. The maximum Gasteiger partial charge on any atom is 0.267 e. The zero-order valence-corrected chi connectivity index (χ0v) is 19.3. The predicted octanol–water partition coefficient (Wildman–Crippen LogP) is 3.56. The van der Waals surface area contributed by atoms with Gasteiger partial charge in [-0.1, -0.05) is 36.3 Å². The number of aromatic nitrogens is 3. The number of benzene rings is 1. The SMILES string of the molecule is CC(C)n1nc(-c2ccc(CC(=O)Nc3onc(C45CC(C)(C4)C5)c3F)cc2)c(C(N)=O)c1N. The summed E-state index contributed by atoms with van der Waals surface area (Å²) in [6, 6.07) is 6.88. The van der Waals surface area contributed by atoms with Crippen LogP contribution in [0.4, 0.5) is 16.1 Å². The molecule has 1 aromatic carbocycles. The quantitative estimate of drug-likeness (QED) is 0.486. The van der Waals surface area contributed by atoms with Gasteiger partial charge >= 0.3 is 0 Å². The van der Waals surface area contributed by atoms with Crippen LogP contribution in [0.5, 0.6) is 0 Å². The molecule has 178 valence electrons. The Bertz CT molecular complexity index is 1290. The van der Waals surface area contributed by atoms with Crippen LogP contribution in [0.3, 0.4) is 0 Å². The molecule has 0 radical (unpaired) electrons. The van der Waals surface area contributed by atoms with Crippen LogP contribution in [0.2, 0.25) is 0 Å². The van der Waals surface area contributed by atoms with Gasteiger partial charge in [-0.05, 0) is 44.1 Å². The van der Waals surface area contributed by atoms with Gasteiger partial charge in [0.1, 0.15) is 22.8 Å². The lowest BCUT2D eigenvalue weighted by atomic mass is 9.35. The number of amides is 2. The Hall–Kier alpha value is -3.69. The van der Waals surface area contributed by atoms with Gasteiger partial charge in [0.25, 0.3) is 11.8 Å². The van der Waals surface area contributed by atoms with E-state index in [4.69, 9.17) is 16.0 Å². The van der Waals surface area contributed by atoms with Gasteiger partial charge in [0.05, 0.1) is 6.42 Å². The first kappa shape index (κ1) is 22.1. The van der Waals surface area contributed by atoms with Crippen LogP contribution in [0.25, 0.3) is 11.3 Å². The van der Waals surface area contributed by atoms with Crippen molar-refractivity contribution in [3.8, 4) is 11.3 Å². The maximum absolute atomic E-state index is 14.8. The average Bonchev–Trinajstić information content (AvgIpc) is 3.26. The summed E-state index contributed by atoms with van der Waals surface area (Å²) in [7, 11) is 0. The number of anilines is 2. The molecular weight excluding hydrogens is 439 g/mol. The molecule has 0 spiro atoms. The van der Waals surface area contributed by atoms with E-state index in [9.17, 15) is 14.0 Å². The molecule has 5 N–H and O–H groups in total. The maximum atomic E-state index is 14.8. The molecule has 0 unspecified atom stereocenters. The lowest BCUT2D eigenvalue weighted by molar-refractivity contribution is -0.130. The number of rotatable bonds is 7. The first-order chi connectivity index (χ1) is 16.0. The fourth-order valence-electron chi connectivity index (χ4n) is 5.66. The number of carbonyl (C=O) groups is 2. The molecule has 2 amide bonds. The normalized spacial score (nSPS) is 22.9. The Labute approximate surface area is 195 Å². The third-order valence-corrected chi connectivity index (χ3v) is 6.96. The molecule has 0 atom stereocenters. The monoisotopic (exact) mass is 466 g/mol. The summed E-state index contributed by atoms with van der Waals surface area (Å²) in [6.45, 7) is 5.98. The molecule has 6 rings (SSSR count). The number of nitrogens with one attached hydrogen (secondary N) is 1. The smallest absolute Gasteiger partial charge is 0.267 e. The molecule has 3 aliphatic rings. The molecular formula is C24H27FN6O3. The summed E-state index contributed by atoms with van der Waals surface area (Å²) in [5.74, 6) is -1.70. The molecule has 3 aromatic rings. The topological polar surface area (TPSA) is 142 Å². The Morgan fingerprint density at radius 3 is 2.44 bits per heavy atom. The Morgan fingerprint density at radius 2 is 1.88 bits per heavy atom. The molecule has 34 heavy (non-hydrogen) atoms. The fraction of sp³-hybridized carbons (Fsp3) is 0.417. The van der Waals surface area contributed by atoms with E-state index in [1.807, 2.05) is 13.8 Å². The number of nitrogens with zero attached hydrogens (tertiary/aromatic N) is 3. The van der Waals surface area contributed by atoms with Crippen molar-refractivity contribution in [1.82, 2.24) is 14.9 Å². The number of nitrogen functional groups attached to an aromatic ring is 1. The van der Waals surface area contributed by atoms with Gasteiger partial charge in [0.2, 0.25) is 11.7 Å². The number of hydrogen-bond donors (Lipinski definition) is 3. The van der Waals surface area contributed by atoms with Crippen molar-refractivity contribution in [3.63, 3.8) is 0 Å². The lowest BCUT2D eigenvalue weighted by Crippen LogP contribution is -2.63. The van der Waals surface area contributed by atoms with Crippen LogP contribution in [0, 0.1) is 11.2 Å². The van der Waals surface area contributed by atoms with E-state index in [0.29, 0.717) is 27.9 Å². The third-order valence-electron chi connectivity index (χ3n) is 6.96. The van der Waals surface area contributed by atoms with Crippen LogP contribution in [-0.2, 0) is 16.6 Å². The number of carbonyl (C=O) groups excluding carboxylic acids is 2. The second-order valence-electron chi connectivity index (χ2n) is 10.2. The molecule has 3 fully saturated rings. The minimum Gasteiger partial charge on any atom is -0.383 e. The number of halogens is 1. The van der Waals surface area contributed by atoms with Gasteiger partial charge in [0, 0.05) is 17.0 Å². The average molecular weight is 467 g/mol. The minimum atomic E-state index is -0.663. The summed E-state index contributed by atoms with van der Waals surface area (Å²) in [5.41, 5.74) is 13.9. The van der Waals surface area contributed by atoms with E-state index in [1.54, 1.807) is 28.9 Å². The van der Waals surface area contributed by atoms with Crippen molar-refractivity contribution < 1.29 is 18.5 Å². The summed E-state index contributed by atoms with van der Waals surface area (Å²) in [4.78, 5) is 24.5.